The summed E-state index contributed by atoms with van der Waals surface area (Å²) >= 11 is 0. The van der Waals surface area contributed by atoms with E-state index in [-0.39, 0.29) is 11.5 Å². The maximum atomic E-state index is 13.1. The molecule has 2 aromatic heterocycles. The number of benzene rings is 1. The van der Waals surface area contributed by atoms with E-state index in [0.29, 0.717) is 17.8 Å². The molecule has 0 radical (unpaired) electrons. The Kier molecular flexibility index (Phi) is 5.71. The van der Waals surface area contributed by atoms with Crippen LogP contribution in [0.1, 0.15) is 30.7 Å². The molecule has 3 rings (SSSR count). The van der Waals surface area contributed by atoms with Crippen LogP contribution in [0.5, 0.6) is 11.5 Å². The Morgan fingerprint density at radius 2 is 2.00 bits per heavy atom. The van der Waals surface area contributed by atoms with Crippen molar-refractivity contribution in [3.05, 3.63) is 35.7 Å². The zero-order valence-corrected chi connectivity index (χ0v) is 15.2. The number of fused-ring (bicyclic) bond motifs is 1. The molecule has 3 aromatic rings. The SMILES string of the molecule is COc1ccc(OC)c(CCCCC#Cc2nc3c(N)nc(F)nc3[nH]2)c1. The molecule has 2 heterocycles. The molecule has 0 saturated carbocycles. The molecule has 0 aliphatic heterocycles. The second-order valence-corrected chi connectivity index (χ2v) is 5.85. The number of nitrogens with zero attached hydrogens (tertiary/aromatic N) is 3. The van der Waals surface area contributed by atoms with Crippen molar-refractivity contribution in [1.82, 2.24) is 19.9 Å². The van der Waals surface area contributed by atoms with Crippen LogP contribution in [0.25, 0.3) is 11.2 Å². The van der Waals surface area contributed by atoms with Crippen LogP contribution in [0, 0.1) is 17.9 Å². The fourth-order valence-electron chi connectivity index (χ4n) is 2.70. The molecule has 0 atom stereocenters. The number of rotatable bonds is 6. The van der Waals surface area contributed by atoms with Gasteiger partial charge in [0.15, 0.2) is 22.8 Å². The molecule has 0 unspecified atom stereocenters. The van der Waals surface area contributed by atoms with E-state index in [9.17, 15) is 4.39 Å². The van der Waals surface area contributed by atoms with Crippen LogP contribution in [-0.4, -0.2) is 34.2 Å². The van der Waals surface area contributed by atoms with Crippen molar-refractivity contribution in [2.24, 2.45) is 0 Å². The van der Waals surface area contributed by atoms with Gasteiger partial charge in [-0.2, -0.15) is 14.4 Å². The molecule has 0 amide bonds. The Hall–Kier alpha value is -3.34. The molecule has 0 bridgehead atoms. The Morgan fingerprint density at radius 3 is 2.78 bits per heavy atom. The van der Waals surface area contributed by atoms with Crippen molar-refractivity contribution in [2.75, 3.05) is 20.0 Å². The number of imidazole rings is 1. The summed E-state index contributed by atoms with van der Waals surface area (Å²) in [5.74, 6) is 8.02. The number of H-pyrrole nitrogens is 1. The molecule has 1 aromatic carbocycles. The van der Waals surface area contributed by atoms with Gasteiger partial charge in [0.2, 0.25) is 0 Å². The summed E-state index contributed by atoms with van der Waals surface area (Å²) in [5.41, 5.74) is 7.30. The van der Waals surface area contributed by atoms with Crippen LogP contribution >= 0.6 is 0 Å². The monoisotopic (exact) mass is 369 g/mol. The van der Waals surface area contributed by atoms with E-state index in [1.807, 2.05) is 18.2 Å². The number of hydrogen-bond acceptors (Lipinski definition) is 6. The number of halogens is 1. The molecule has 0 aliphatic carbocycles. The zero-order valence-electron chi connectivity index (χ0n) is 15.2. The van der Waals surface area contributed by atoms with E-state index in [1.54, 1.807) is 14.2 Å². The van der Waals surface area contributed by atoms with Gasteiger partial charge in [-0.05, 0) is 48.9 Å². The van der Waals surface area contributed by atoms with Gasteiger partial charge in [0.05, 0.1) is 14.2 Å². The number of hydrogen-bond donors (Lipinski definition) is 2. The number of nitrogens with one attached hydrogen (secondary N) is 1. The molecule has 0 saturated heterocycles. The summed E-state index contributed by atoms with van der Waals surface area (Å²) in [6.45, 7) is 0. The van der Waals surface area contributed by atoms with E-state index in [1.165, 1.54) is 0 Å². The average molecular weight is 369 g/mol. The first-order valence-electron chi connectivity index (χ1n) is 8.49. The number of methoxy groups -OCH3 is 2. The van der Waals surface area contributed by atoms with E-state index in [2.05, 4.69) is 31.8 Å². The lowest BCUT2D eigenvalue weighted by Crippen LogP contribution is -1.97. The summed E-state index contributed by atoms with van der Waals surface area (Å²) in [6, 6.07) is 5.78. The minimum atomic E-state index is -0.892. The lowest BCUT2D eigenvalue weighted by Gasteiger charge is -2.09. The van der Waals surface area contributed by atoms with E-state index >= 15 is 0 Å². The third-order valence-electron chi connectivity index (χ3n) is 4.04. The second kappa shape index (κ2) is 8.36. The average Bonchev–Trinajstić information content (AvgIpc) is 3.07. The molecule has 3 N–H and O–H groups in total. The Balaban J connectivity index is 1.55. The molecule has 27 heavy (non-hydrogen) atoms. The van der Waals surface area contributed by atoms with Gasteiger partial charge in [0, 0.05) is 6.42 Å². The fourth-order valence-corrected chi connectivity index (χ4v) is 2.70. The van der Waals surface area contributed by atoms with Crippen LogP contribution in [0.3, 0.4) is 0 Å². The Bertz CT molecular complexity index is 1010. The predicted molar refractivity (Wildman–Crippen MR) is 100 cm³/mol. The Labute approximate surface area is 156 Å². The van der Waals surface area contributed by atoms with E-state index < -0.39 is 6.08 Å². The molecule has 0 aliphatic rings. The minimum Gasteiger partial charge on any atom is -0.497 e. The standard InChI is InChI=1S/C19H20FN5O2/c1-26-13-9-10-14(27-2)12(11-13)7-5-3-4-6-8-15-22-16-17(21)24-19(20)25-18(16)23-15/h9-11H,3-5,7H2,1-2H3,(H3,21,22,23,24,25). The number of unbranched alkanes of at least 4 members (excludes halogenated alkanes) is 2. The van der Waals surface area contributed by atoms with Gasteiger partial charge in [-0.15, -0.1) is 0 Å². The first kappa shape index (κ1) is 18.5. The second-order valence-electron chi connectivity index (χ2n) is 5.85. The topological polar surface area (TPSA) is 98.9 Å². The van der Waals surface area contributed by atoms with Crippen molar-refractivity contribution < 1.29 is 13.9 Å². The van der Waals surface area contributed by atoms with Crippen LogP contribution in [-0.2, 0) is 6.42 Å². The van der Waals surface area contributed by atoms with Crippen molar-refractivity contribution in [1.29, 1.82) is 0 Å². The fraction of sp³-hybridized carbons (Fsp3) is 0.316. The molecular formula is C19H20FN5O2. The highest BCUT2D eigenvalue weighted by Gasteiger charge is 2.09. The number of anilines is 1. The van der Waals surface area contributed by atoms with Crippen LogP contribution < -0.4 is 15.2 Å². The quantitative estimate of drug-likeness (QED) is 0.394. The van der Waals surface area contributed by atoms with Crippen molar-refractivity contribution in [2.45, 2.75) is 25.7 Å². The van der Waals surface area contributed by atoms with Crippen molar-refractivity contribution >= 4 is 17.0 Å². The largest absolute Gasteiger partial charge is 0.497 e. The van der Waals surface area contributed by atoms with Gasteiger partial charge in [0.1, 0.15) is 11.5 Å². The maximum Gasteiger partial charge on any atom is 0.312 e. The molecule has 0 spiro atoms. The number of aromatic nitrogens is 4. The van der Waals surface area contributed by atoms with E-state index in [0.717, 1.165) is 36.3 Å². The summed E-state index contributed by atoms with van der Waals surface area (Å²) < 4.78 is 23.8. The first-order chi connectivity index (χ1) is 13.1. The van der Waals surface area contributed by atoms with Crippen LogP contribution in [0.4, 0.5) is 10.2 Å². The number of nitrogens with two attached hydrogens (primary N) is 1. The zero-order chi connectivity index (χ0) is 19.2. The number of ether oxygens (including phenoxy) is 2. The van der Waals surface area contributed by atoms with Gasteiger partial charge in [0.25, 0.3) is 0 Å². The third-order valence-corrected chi connectivity index (χ3v) is 4.04. The van der Waals surface area contributed by atoms with Crippen molar-refractivity contribution in [3.8, 4) is 23.3 Å². The molecular weight excluding hydrogens is 349 g/mol. The predicted octanol–water partition coefficient (Wildman–Crippen LogP) is 2.86. The highest BCUT2D eigenvalue weighted by molar-refractivity contribution is 5.81. The van der Waals surface area contributed by atoms with Gasteiger partial charge < -0.3 is 20.2 Å². The lowest BCUT2D eigenvalue weighted by molar-refractivity contribution is 0.398. The summed E-state index contributed by atoms with van der Waals surface area (Å²) in [7, 11) is 3.31. The highest BCUT2D eigenvalue weighted by Crippen LogP contribution is 2.25. The molecule has 140 valence electrons. The summed E-state index contributed by atoms with van der Waals surface area (Å²) in [6.07, 6.45) is 2.57. The maximum absolute atomic E-state index is 13.1. The molecule has 8 heteroatoms. The lowest BCUT2D eigenvalue weighted by atomic mass is 10.1. The smallest absolute Gasteiger partial charge is 0.312 e. The normalized spacial score (nSPS) is 10.5. The Morgan fingerprint density at radius 1 is 1.15 bits per heavy atom. The highest BCUT2D eigenvalue weighted by atomic mass is 19.1. The third kappa shape index (κ3) is 4.44. The minimum absolute atomic E-state index is 0.00552. The van der Waals surface area contributed by atoms with Crippen LogP contribution in [0.2, 0.25) is 0 Å². The van der Waals surface area contributed by atoms with Gasteiger partial charge in [-0.1, -0.05) is 5.92 Å². The summed E-state index contributed by atoms with van der Waals surface area (Å²) in [5, 5.41) is 0. The van der Waals surface area contributed by atoms with Gasteiger partial charge >= 0.3 is 6.08 Å². The summed E-state index contributed by atoms with van der Waals surface area (Å²) in [4.78, 5) is 14.1. The van der Waals surface area contributed by atoms with Crippen molar-refractivity contribution in [3.63, 3.8) is 0 Å². The van der Waals surface area contributed by atoms with E-state index in [4.69, 9.17) is 15.2 Å². The number of aryl methyl sites for hydroxylation is 1. The number of nitrogen functional groups attached to an aromatic ring is 1. The number of aromatic amines is 1. The van der Waals surface area contributed by atoms with Gasteiger partial charge in [-0.3, -0.25) is 0 Å². The molecule has 7 nitrogen and oxygen atoms in total. The van der Waals surface area contributed by atoms with Gasteiger partial charge in [-0.25, -0.2) is 4.98 Å². The van der Waals surface area contributed by atoms with Crippen LogP contribution in [0.15, 0.2) is 18.2 Å². The molecule has 0 fully saturated rings. The first-order valence-corrected chi connectivity index (χ1v) is 8.49.